The molecule has 0 bridgehead atoms. The third-order valence-corrected chi connectivity index (χ3v) is 5.49. The van der Waals surface area contributed by atoms with Crippen LogP contribution in [0.1, 0.15) is 46.2 Å². The number of aryl methyl sites for hydroxylation is 2. The molecule has 0 radical (unpaired) electrons. The maximum atomic E-state index is 14.6. The molecule has 0 saturated carbocycles. The van der Waals surface area contributed by atoms with Gasteiger partial charge in [-0.15, -0.1) is 0 Å². The largest absolute Gasteiger partial charge is 0.494 e. The lowest BCUT2D eigenvalue weighted by molar-refractivity contribution is 0.00578. The van der Waals surface area contributed by atoms with E-state index in [0.717, 1.165) is 42.4 Å². The van der Waals surface area contributed by atoms with Gasteiger partial charge in [-0.2, -0.15) is 5.10 Å². The standard InChI is InChI=1S/C17H22BFN2O2/c1-16(2)17(3,4)23-18(22-16)11-9-12-14-7-5-6-8-21(14)20-15(12)13(19)10-11/h9-10H,5-8H2,1-4H3. The van der Waals surface area contributed by atoms with Gasteiger partial charge in [-0.25, -0.2) is 4.39 Å². The van der Waals surface area contributed by atoms with E-state index < -0.39 is 18.3 Å². The molecular formula is C17H22BFN2O2. The average Bonchev–Trinajstić information content (AvgIpc) is 2.95. The Kier molecular flexibility index (Phi) is 3.16. The number of hydrogen-bond donors (Lipinski definition) is 0. The van der Waals surface area contributed by atoms with Gasteiger partial charge in [0.05, 0.1) is 11.2 Å². The van der Waals surface area contributed by atoms with Crippen LogP contribution in [0.15, 0.2) is 12.1 Å². The fraction of sp³-hybridized carbons (Fsp3) is 0.588. The van der Waals surface area contributed by atoms with E-state index in [2.05, 4.69) is 5.10 Å². The number of benzene rings is 1. The smallest absolute Gasteiger partial charge is 0.399 e. The van der Waals surface area contributed by atoms with Gasteiger partial charge < -0.3 is 9.31 Å². The molecule has 1 aromatic carbocycles. The minimum Gasteiger partial charge on any atom is -0.399 e. The van der Waals surface area contributed by atoms with E-state index in [1.165, 1.54) is 6.07 Å². The summed E-state index contributed by atoms with van der Waals surface area (Å²) in [5.74, 6) is -0.297. The van der Waals surface area contributed by atoms with E-state index in [0.29, 0.717) is 5.52 Å². The van der Waals surface area contributed by atoms with Gasteiger partial charge in [0.15, 0.2) is 5.82 Å². The van der Waals surface area contributed by atoms with Crippen LogP contribution in [0.2, 0.25) is 0 Å². The molecule has 3 heterocycles. The summed E-state index contributed by atoms with van der Waals surface area (Å²) in [6, 6.07) is 3.49. The SMILES string of the molecule is CC1(C)OB(c2cc(F)c3nn4c(c3c2)CCCC4)OC1(C)C. The molecule has 0 aliphatic carbocycles. The van der Waals surface area contributed by atoms with E-state index >= 15 is 0 Å². The third-order valence-electron chi connectivity index (χ3n) is 5.49. The highest BCUT2D eigenvalue weighted by Gasteiger charge is 2.51. The van der Waals surface area contributed by atoms with Crippen LogP contribution in [-0.4, -0.2) is 28.1 Å². The first kappa shape index (κ1) is 15.2. The molecule has 1 fully saturated rings. The van der Waals surface area contributed by atoms with Gasteiger partial charge in [-0.05, 0) is 58.5 Å². The first-order valence-corrected chi connectivity index (χ1v) is 8.33. The minimum absolute atomic E-state index is 0.297. The Labute approximate surface area is 136 Å². The second-order valence-corrected chi connectivity index (χ2v) is 7.61. The molecule has 1 aromatic heterocycles. The highest BCUT2D eigenvalue weighted by molar-refractivity contribution is 6.62. The van der Waals surface area contributed by atoms with Crippen LogP contribution in [0.4, 0.5) is 4.39 Å². The van der Waals surface area contributed by atoms with Crippen molar-refractivity contribution in [3.05, 3.63) is 23.6 Å². The van der Waals surface area contributed by atoms with Crippen molar-refractivity contribution in [2.24, 2.45) is 0 Å². The maximum Gasteiger partial charge on any atom is 0.494 e. The fourth-order valence-corrected chi connectivity index (χ4v) is 3.38. The molecule has 4 nitrogen and oxygen atoms in total. The average molecular weight is 316 g/mol. The second kappa shape index (κ2) is 4.80. The Balaban J connectivity index is 1.80. The van der Waals surface area contributed by atoms with Crippen LogP contribution < -0.4 is 5.46 Å². The quantitative estimate of drug-likeness (QED) is 0.759. The van der Waals surface area contributed by atoms with Crippen molar-refractivity contribution in [1.29, 1.82) is 0 Å². The van der Waals surface area contributed by atoms with Gasteiger partial charge in [0.2, 0.25) is 0 Å². The Morgan fingerprint density at radius 1 is 1.13 bits per heavy atom. The third kappa shape index (κ3) is 2.23. The molecule has 0 unspecified atom stereocenters. The molecule has 2 aliphatic heterocycles. The normalized spacial score (nSPS) is 22.6. The summed E-state index contributed by atoms with van der Waals surface area (Å²) in [6.45, 7) is 8.88. The van der Waals surface area contributed by atoms with Gasteiger partial charge in [-0.3, -0.25) is 4.68 Å². The van der Waals surface area contributed by atoms with Crippen molar-refractivity contribution in [3.8, 4) is 0 Å². The molecule has 0 amide bonds. The molecule has 2 aliphatic rings. The first-order chi connectivity index (χ1) is 10.8. The second-order valence-electron chi connectivity index (χ2n) is 7.61. The van der Waals surface area contributed by atoms with Crippen LogP contribution >= 0.6 is 0 Å². The number of aromatic nitrogens is 2. The zero-order chi connectivity index (χ0) is 16.4. The number of nitrogens with zero attached hydrogens (tertiary/aromatic N) is 2. The monoisotopic (exact) mass is 316 g/mol. The van der Waals surface area contributed by atoms with Crippen LogP contribution in [0, 0.1) is 5.82 Å². The van der Waals surface area contributed by atoms with Crippen molar-refractivity contribution in [3.63, 3.8) is 0 Å². The van der Waals surface area contributed by atoms with Crippen molar-refractivity contribution in [1.82, 2.24) is 9.78 Å². The van der Waals surface area contributed by atoms with Gasteiger partial charge >= 0.3 is 7.12 Å². The van der Waals surface area contributed by atoms with Gasteiger partial charge in [0.1, 0.15) is 5.52 Å². The molecule has 6 heteroatoms. The summed E-state index contributed by atoms with van der Waals surface area (Å²) in [5.41, 5.74) is 1.46. The fourth-order valence-electron chi connectivity index (χ4n) is 3.38. The van der Waals surface area contributed by atoms with E-state index in [1.807, 2.05) is 38.4 Å². The zero-order valence-corrected chi connectivity index (χ0v) is 14.1. The van der Waals surface area contributed by atoms with Crippen LogP contribution in [0.3, 0.4) is 0 Å². The Morgan fingerprint density at radius 2 is 1.83 bits per heavy atom. The molecule has 0 N–H and O–H groups in total. The molecule has 2 aromatic rings. The summed E-state index contributed by atoms with van der Waals surface area (Å²) in [4.78, 5) is 0. The Bertz CT molecular complexity index is 768. The lowest BCUT2D eigenvalue weighted by Gasteiger charge is -2.32. The van der Waals surface area contributed by atoms with E-state index in [9.17, 15) is 4.39 Å². The lowest BCUT2D eigenvalue weighted by atomic mass is 9.78. The predicted octanol–water partition coefficient (Wildman–Crippen LogP) is 2.81. The van der Waals surface area contributed by atoms with Gasteiger partial charge in [0, 0.05) is 17.6 Å². The van der Waals surface area contributed by atoms with Crippen molar-refractivity contribution >= 4 is 23.5 Å². The number of fused-ring (bicyclic) bond motifs is 3. The van der Waals surface area contributed by atoms with Crippen molar-refractivity contribution in [2.45, 2.75) is 64.7 Å². The summed E-state index contributed by atoms with van der Waals surface area (Å²) in [5, 5.41) is 5.34. The van der Waals surface area contributed by atoms with Gasteiger partial charge in [-0.1, -0.05) is 6.07 Å². The number of halogens is 1. The molecule has 1 saturated heterocycles. The maximum absolute atomic E-state index is 14.6. The minimum atomic E-state index is -0.543. The van der Waals surface area contributed by atoms with Crippen LogP contribution in [-0.2, 0) is 22.3 Å². The summed E-state index contributed by atoms with van der Waals surface area (Å²) in [6.07, 6.45) is 3.18. The highest BCUT2D eigenvalue weighted by Crippen LogP contribution is 2.37. The summed E-state index contributed by atoms with van der Waals surface area (Å²) >= 11 is 0. The van der Waals surface area contributed by atoms with Crippen molar-refractivity contribution < 1.29 is 13.7 Å². The Morgan fingerprint density at radius 3 is 2.52 bits per heavy atom. The van der Waals surface area contributed by atoms with Crippen molar-refractivity contribution in [2.75, 3.05) is 0 Å². The van der Waals surface area contributed by atoms with E-state index in [4.69, 9.17) is 9.31 Å². The van der Waals surface area contributed by atoms with E-state index in [-0.39, 0.29) is 5.82 Å². The zero-order valence-electron chi connectivity index (χ0n) is 14.1. The van der Waals surface area contributed by atoms with Crippen LogP contribution in [0.25, 0.3) is 10.9 Å². The molecule has 0 spiro atoms. The number of hydrogen-bond acceptors (Lipinski definition) is 3. The Hall–Kier alpha value is -1.40. The molecule has 4 rings (SSSR count). The first-order valence-electron chi connectivity index (χ1n) is 8.33. The molecule has 122 valence electrons. The highest BCUT2D eigenvalue weighted by atomic mass is 19.1. The summed E-state index contributed by atoms with van der Waals surface area (Å²) < 4.78 is 28.7. The van der Waals surface area contributed by atoms with Crippen LogP contribution in [0.5, 0.6) is 0 Å². The predicted molar refractivity (Wildman–Crippen MR) is 88.3 cm³/mol. The lowest BCUT2D eigenvalue weighted by Crippen LogP contribution is -2.41. The van der Waals surface area contributed by atoms with E-state index in [1.54, 1.807) is 0 Å². The molecule has 23 heavy (non-hydrogen) atoms. The molecular weight excluding hydrogens is 294 g/mol. The topological polar surface area (TPSA) is 36.3 Å². The molecule has 0 atom stereocenters. The summed E-state index contributed by atoms with van der Waals surface area (Å²) in [7, 11) is -0.543. The van der Waals surface area contributed by atoms with Gasteiger partial charge in [0.25, 0.3) is 0 Å². The number of rotatable bonds is 1.